The molecule has 3 nitrogen and oxygen atoms in total. The first-order valence-corrected chi connectivity index (χ1v) is 8.62. The van der Waals surface area contributed by atoms with Crippen LogP contribution in [0.15, 0.2) is 53.9 Å². The van der Waals surface area contributed by atoms with E-state index in [1.807, 2.05) is 41.3 Å². The van der Waals surface area contributed by atoms with E-state index in [1.54, 1.807) is 11.3 Å². The highest BCUT2D eigenvalue weighted by Crippen LogP contribution is 2.24. The number of ether oxygens (including phenoxy) is 1. The second-order valence-corrected chi connectivity index (χ2v) is 6.73. The van der Waals surface area contributed by atoms with Gasteiger partial charge in [0.05, 0.1) is 0 Å². The number of carbonyl (C=O) groups is 1. The molecule has 2 heterocycles. The Morgan fingerprint density at radius 3 is 2.91 bits per heavy atom. The van der Waals surface area contributed by atoms with Crippen LogP contribution in [-0.4, -0.2) is 24.0 Å². The normalized spacial score (nSPS) is 13.8. The Hall–Kier alpha value is -2.33. The average molecular weight is 323 g/mol. The molecule has 116 valence electrons. The standard InChI is InChI=1S/C19H17NO2S/c21-19(20-9-7-18-16(12-20)8-10-23-18)13-22-17-6-5-14-3-1-2-4-15(14)11-17/h1-6,8,10-11H,7,9,12-13H2. The van der Waals surface area contributed by atoms with Crippen molar-refractivity contribution in [2.75, 3.05) is 13.2 Å². The maximum absolute atomic E-state index is 12.4. The van der Waals surface area contributed by atoms with Gasteiger partial charge < -0.3 is 9.64 Å². The summed E-state index contributed by atoms with van der Waals surface area (Å²) < 4.78 is 5.71. The van der Waals surface area contributed by atoms with E-state index in [-0.39, 0.29) is 12.5 Å². The third kappa shape index (κ3) is 2.94. The Bertz CT molecular complexity index is 855. The molecule has 1 amide bonds. The van der Waals surface area contributed by atoms with E-state index < -0.39 is 0 Å². The second-order valence-electron chi connectivity index (χ2n) is 5.73. The Morgan fingerprint density at radius 1 is 1.13 bits per heavy atom. The molecule has 0 aliphatic carbocycles. The smallest absolute Gasteiger partial charge is 0.260 e. The molecule has 0 bridgehead atoms. The molecular weight excluding hydrogens is 306 g/mol. The summed E-state index contributed by atoms with van der Waals surface area (Å²) >= 11 is 1.78. The van der Waals surface area contributed by atoms with Crippen LogP contribution in [0.25, 0.3) is 10.8 Å². The van der Waals surface area contributed by atoms with Crippen molar-refractivity contribution in [1.82, 2.24) is 4.90 Å². The summed E-state index contributed by atoms with van der Waals surface area (Å²) in [5.74, 6) is 0.792. The molecule has 4 rings (SSSR count). The van der Waals surface area contributed by atoms with Crippen LogP contribution in [0.5, 0.6) is 5.75 Å². The molecule has 1 aliphatic heterocycles. The molecule has 1 aliphatic rings. The predicted molar refractivity (Wildman–Crippen MR) is 92.9 cm³/mol. The van der Waals surface area contributed by atoms with Gasteiger partial charge in [0, 0.05) is 18.0 Å². The van der Waals surface area contributed by atoms with Crippen molar-refractivity contribution < 1.29 is 9.53 Å². The molecule has 4 heteroatoms. The predicted octanol–water partition coefficient (Wildman–Crippen LogP) is 3.87. The van der Waals surface area contributed by atoms with Gasteiger partial charge in [-0.25, -0.2) is 0 Å². The van der Waals surface area contributed by atoms with Crippen LogP contribution in [0.1, 0.15) is 10.4 Å². The Balaban J connectivity index is 1.41. The topological polar surface area (TPSA) is 29.5 Å². The highest BCUT2D eigenvalue weighted by Gasteiger charge is 2.21. The van der Waals surface area contributed by atoms with Crippen molar-refractivity contribution in [2.24, 2.45) is 0 Å². The summed E-state index contributed by atoms with van der Waals surface area (Å²) in [5.41, 5.74) is 1.28. The van der Waals surface area contributed by atoms with Crippen molar-refractivity contribution in [1.29, 1.82) is 0 Å². The molecular formula is C19H17NO2S. The van der Waals surface area contributed by atoms with Crippen molar-refractivity contribution >= 4 is 28.0 Å². The summed E-state index contributed by atoms with van der Waals surface area (Å²) in [5, 5.41) is 4.40. The fourth-order valence-electron chi connectivity index (χ4n) is 2.95. The molecule has 3 aromatic rings. The summed E-state index contributed by atoms with van der Waals surface area (Å²) in [6.07, 6.45) is 0.953. The number of benzene rings is 2. The van der Waals surface area contributed by atoms with Gasteiger partial charge in [-0.15, -0.1) is 11.3 Å². The van der Waals surface area contributed by atoms with Gasteiger partial charge in [-0.05, 0) is 46.3 Å². The van der Waals surface area contributed by atoms with E-state index in [0.717, 1.165) is 24.1 Å². The average Bonchev–Trinajstić information content (AvgIpc) is 3.07. The molecule has 0 fully saturated rings. The number of carbonyl (C=O) groups excluding carboxylic acids is 1. The van der Waals surface area contributed by atoms with Gasteiger partial charge in [0.2, 0.25) is 0 Å². The first-order valence-electron chi connectivity index (χ1n) is 7.74. The lowest BCUT2D eigenvalue weighted by Crippen LogP contribution is -2.38. The number of thiophene rings is 1. The minimum atomic E-state index is 0.0509. The fraction of sp³-hybridized carbons (Fsp3) is 0.211. The van der Waals surface area contributed by atoms with Crippen LogP contribution in [0, 0.1) is 0 Å². The summed E-state index contributed by atoms with van der Waals surface area (Å²) in [6, 6.07) is 16.2. The minimum absolute atomic E-state index is 0.0509. The second kappa shape index (κ2) is 6.05. The molecule has 0 unspecified atom stereocenters. The summed E-state index contributed by atoms with van der Waals surface area (Å²) in [4.78, 5) is 15.7. The quantitative estimate of drug-likeness (QED) is 0.732. The lowest BCUT2D eigenvalue weighted by molar-refractivity contribution is -0.134. The van der Waals surface area contributed by atoms with E-state index in [0.29, 0.717) is 6.54 Å². The lowest BCUT2D eigenvalue weighted by Gasteiger charge is -2.27. The molecule has 0 N–H and O–H groups in total. The number of rotatable bonds is 3. The zero-order valence-electron chi connectivity index (χ0n) is 12.7. The van der Waals surface area contributed by atoms with Crippen LogP contribution in [0.2, 0.25) is 0 Å². The SMILES string of the molecule is O=C(COc1ccc2ccccc2c1)N1CCc2sccc2C1. The highest BCUT2D eigenvalue weighted by molar-refractivity contribution is 7.10. The third-order valence-corrected chi connectivity index (χ3v) is 5.27. The molecule has 0 atom stereocenters. The van der Waals surface area contributed by atoms with E-state index >= 15 is 0 Å². The van der Waals surface area contributed by atoms with E-state index in [1.165, 1.54) is 15.8 Å². The first kappa shape index (κ1) is 14.3. The van der Waals surface area contributed by atoms with Crippen molar-refractivity contribution in [2.45, 2.75) is 13.0 Å². The Kier molecular flexibility index (Phi) is 3.75. The van der Waals surface area contributed by atoms with Gasteiger partial charge in [0.15, 0.2) is 6.61 Å². The maximum Gasteiger partial charge on any atom is 0.260 e. The van der Waals surface area contributed by atoms with Crippen molar-refractivity contribution in [3.8, 4) is 5.75 Å². The molecule has 0 saturated heterocycles. The van der Waals surface area contributed by atoms with Gasteiger partial charge in [-0.3, -0.25) is 4.79 Å². The molecule has 1 aromatic heterocycles. The zero-order chi connectivity index (χ0) is 15.6. The minimum Gasteiger partial charge on any atom is -0.484 e. The molecule has 0 radical (unpaired) electrons. The monoisotopic (exact) mass is 323 g/mol. The van der Waals surface area contributed by atoms with Crippen LogP contribution < -0.4 is 4.74 Å². The Labute approximate surface area is 139 Å². The molecule has 23 heavy (non-hydrogen) atoms. The summed E-state index contributed by atoms with van der Waals surface area (Å²) in [6.45, 7) is 1.59. The zero-order valence-corrected chi connectivity index (χ0v) is 13.5. The summed E-state index contributed by atoms with van der Waals surface area (Å²) in [7, 11) is 0. The van der Waals surface area contributed by atoms with Crippen molar-refractivity contribution in [3.05, 3.63) is 64.4 Å². The van der Waals surface area contributed by atoms with Gasteiger partial charge in [0.25, 0.3) is 5.91 Å². The maximum atomic E-state index is 12.4. The van der Waals surface area contributed by atoms with Gasteiger partial charge in [-0.2, -0.15) is 0 Å². The lowest BCUT2D eigenvalue weighted by atomic mass is 10.1. The third-order valence-electron chi connectivity index (χ3n) is 4.24. The van der Waals surface area contributed by atoms with Crippen molar-refractivity contribution in [3.63, 3.8) is 0 Å². The first-order chi connectivity index (χ1) is 11.3. The van der Waals surface area contributed by atoms with Gasteiger partial charge in [0.1, 0.15) is 5.75 Å². The number of hydrogen-bond acceptors (Lipinski definition) is 3. The highest BCUT2D eigenvalue weighted by atomic mass is 32.1. The number of nitrogens with zero attached hydrogens (tertiary/aromatic N) is 1. The number of fused-ring (bicyclic) bond motifs is 2. The van der Waals surface area contributed by atoms with Crippen LogP contribution in [0.3, 0.4) is 0 Å². The van der Waals surface area contributed by atoms with Crippen LogP contribution in [0.4, 0.5) is 0 Å². The number of hydrogen-bond donors (Lipinski definition) is 0. The molecule has 2 aromatic carbocycles. The fourth-order valence-corrected chi connectivity index (χ4v) is 3.84. The Morgan fingerprint density at radius 2 is 2.00 bits per heavy atom. The van der Waals surface area contributed by atoms with E-state index in [4.69, 9.17) is 4.74 Å². The van der Waals surface area contributed by atoms with Crippen LogP contribution in [-0.2, 0) is 17.8 Å². The largest absolute Gasteiger partial charge is 0.484 e. The number of amides is 1. The van der Waals surface area contributed by atoms with Crippen LogP contribution >= 0.6 is 11.3 Å². The van der Waals surface area contributed by atoms with E-state index in [9.17, 15) is 4.79 Å². The van der Waals surface area contributed by atoms with Gasteiger partial charge in [-0.1, -0.05) is 30.3 Å². The van der Waals surface area contributed by atoms with E-state index in [2.05, 4.69) is 17.5 Å². The molecule has 0 spiro atoms. The van der Waals surface area contributed by atoms with Gasteiger partial charge >= 0.3 is 0 Å². The molecule has 0 saturated carbocycles.